The van der Waals surface area contributed by atoms with Crippen molar-refractivity contribution in [2.45, 2.75) is 19.0 Å². The fraction of sp³-hybridized carbons (Fsp3) is 0.250. The molecule has 2 N–H and O–H groups in total. The number of carbonyl (C=O) groups is 3. The fourth-order valence-corrected chi connectivity index (χ4v) is 2.72. The van der Waals surface area contributed by atoms with E-state index in [2.05, 4.69) is 10.6 Å². The van der Waals surface area contributed by atoms with Crippen LogP contribution in [0.3, 0.4) is 0 Å². The van der Waals surface area contributed by atoms with Gasteiger partial charge in [0.2, 0.25) is 5.91 Å². The second-order valence-corrected chi connectivity index (χ2v) is 6.44. The highest BCUT2D eigenvalue weighted by molar-refractivity contribution is 5.94. The number of nitrogens with one attached hydrogen (secondary N) is 2. The number of ether oxygens (including phenoxy) is 2. The molecule has 30 heavy (non-hydrogen) atoms. The van der Waals surface area contributed by atoms with Crippen LogP contribution in [0.15, 0.2) is 42.5 Å². The number of amides is 2. The van der Waals surface area contributed by atoms with Crippen LogP contribution < -0.4 is 15.4 Å². The van der Waals surface area contributed by atoms with E-state index in [1.807, 2.05) is 0 Å². The minimum atomic E-state index is -4.47. The predicted molar refractivity (Wildman–Crippen MR) is 99.9 cm³/mol. The molecule has 0 spiro atoms. The van der Waals surface area contributed by atoms with Crippen LogP contribution in [0.2, 0.25) is 0 Å². The third kappa shape index (κ3) is 5.72. The van der Waals surface area contributed by atoms with E-state index in [0.717, 1.165) is 29.8 Å². The van der Waals surface area contributed by atoms with Gasteiger partial charge in [-0.2, -0.15) is 13.2 Å². The maximum Gasteiger partial charge on any atom is 0.416 e. The summed E-state index contributed by atoms with van der Waals surface area (Å²) in [7, 11) is 0. The molecule has 0 bridgehead atoms. The van der Waals surface area contributed by atoms with Gasteiger partial charge >= 0.3 is 12.1 Å². The van der Waals surface area contributed by atoms with Crippen LogP contribution in [0.25, 0.3) is 0 Å². The number of rotatable bonds is 6. The molecule has 0 atom stereocenters. The molecule has 2 aromatic rings. The summed E-state index contributed by atoms with van der Waals surface area (Å²) < 4.78 is 47.7. The standard InChI is InChI=1S/C20H17F3N2O5/c21-20(22,23)13-2-4-14(5-3-13)24-18(27)10-30-19(28)11-29-15-6-7-16-12(9-15)1-8-17(26)25-16/h2-7,9H,1,8,10-11H2,(H,24,27)(H,25,26). The number of esters is 1. The van der Waals surface area contributed by atoms with E-state index in [9.17, 15) is 27.6 Å². The Balaban J connectivity index is 1.42. The van der Waals surface area contributed by atoms with Gasteiger partial charge in [0.05, 0.1) is 5.56 Å². The van der Waals surface area contributed by atoms with Crippen molar-refractivity contribution >= 4 is 29.2 Å². The number of fused-ring (bicyclic) bond motifs is 1. The first-order valence-corrected chi connectivity index (χ1v) is 8.89. The maximum atomic E-state index is 12.5. The lowest BCUT2D eigenvalue weighted by molar-refractivity contribution is -0.149. The number of benzene rings is 2. The summed E-state index contributed by atoms with van der Waals surface area (Å²) in [4.78, 5) is 34.9. The number of carbonyl (C=O) groups excluding carboxylic acids is 3. The second kappa shape index (κ2) is 8.85. The highest BCUT2D eigenvalue weighted by atomic mass is 19.4. The normalized spacial score (nSPS) is 13.1. The molecular formula is C20H17F3N2O5. The van der Waals surface area contributed by atoms with Crippen LogP contribution in [0.1, 0.15) is 17.5 Å². The van der Waals surface area contributed by atoms with Gasteiger partial charge < -0.3 is 20.1 Å². The number of hydrogen-bond acceptors (Lipinski definition) is 5. The van der Waals surface area contributed by atoms with E-state index in [1.165, 1.54) is 0 Å². The van der Waals surface area contributed by atoms with Crippen molar-refractivity contribution in [2.24, 2.45) is 0 Å². The molecule has 2 aromatic carbocycles. The van der Waals surface area contributed by atoms with Crippen LogP contribution >= 0.6 is 0 Å². The average Bonchev–Trinajstić information content (AvgIpc) is 2.70. The van der Waals surface area contributed by atoms with Crippen molar-refractivity contribution in [3.63, 3.8) is 0 Å². The van der Waals surface area contributed by atoms with Crippen molar-refractivity contribution in [1.82, 2.24) is 0 Å². The molecule has 0 unspecified atom stereocenters. The Labute approximate surface area is 169 Å². The molecule has 7 nitrogen and oxygen atoms in total. The lowest BCUT2D eigenvalue weighted by Gasteiger charge is -2.17. The molecule has 0 saturated heterocycles. The summed E-state index contributed by atoms with van der Waals surface area (Å²) in [6.07, 6.45) is -3.54. The Morgan fingerprint density at radius 1 is 1.03 bits per heavy atom. The number of aryl methyl sites for hydroxylation is 1. The zero-order valence-electron chi connectivity index (χ0n) is 15.5. The molecule has 0 aromatic heterocycles. The van der Waals surface area contributed by atoms with Gasteiger partial charge in [-0.3, -0.25) is 9.59 Å². The summed E-state index contributed by atoms with van der Waals surface area (Å²) in [6, 6.07) is 8.84. The van der Waals surface area contributed by atoms with Gasteiger partial charge in [-0.25, -0.2) is 4.79 Å². The van der Waals surface area contributed by atoms with Gasteiger partial charge in [0.25, 0.3) is 5.91 Å². The van der Waals surface area contributed by atoms with Gasteiger partial charge in [-0.05, 0) is 54.4 Å². The zero-order valence-corrected chi connectivity index (χ0v) is 15.5. The van der Waals surface area contributed by atoms with Crippen LogP contribution in [-0.4, -0.2) is 31.0 Å². The summed E-state index contributed by atoms with van der Waals surface area (Å²) in [5, 5.41) is 5.06. The molecule has 0 fully saturated rings. The topological polar surface area (TPSA) is 93.7 Å². The highest BCUT2D eigenvalue weighted by Gasteiger charge is 2.30. The van der Waals surface area contributed by atoms with Crippen LogP contribution in [-0.2, 0) is 31.7 Å². The van der Waals surface area contributed by atoms with Crippen LogP contribution in [0, 0.1) is 0 Å². The van der Waals surface area contributed by atoms with Gasteiger partial charge in [-0.1, -0.05) is 0 Å². The first-order chi connectivity index (χ1) is 14.2. The minimum Gasteiger partial charge on any atom is -0.482 e. The third-order valence-corrected chi connectivity index (χ3v) is 4.19. The Bertz CT molecular complexity index is 958. The third-order valence-electron chi connectivity index (χ3n) is 4.19. The average molecular weight is 422 g/mol. The highest BCUT2D eigenvalue weighted by Crippen LogP contribution is 2.30. The van der Waals surface area contributed by atoms with E-state index < -0.39 is 36.8 Å². The largest absolute Gasteiger partial charge is 0.482 e. The molecule has 0 aliphatic carbocycles. The van der Waals surface area contributed by atoms with Crippen molar-refractivity contribution < 1.29 is 37.0 Å². The van der Waals surface area contributed by atoms with Gasteiger partial charge in [-0.15, -0.1) is 0 Å². The minimum absolute atomic E-state index is 0.0608. The summed E-state index contributed by atoms with van der Waals surface area (Å²) >= 11 is 0. The van der Waals surface area contributed by atoms with Crippen LogP contribution in [0.5, 0.6) is 5.75 Å². The van der Waals surface area contributed by atoms with Crippen molar-refractivity contribution in [1.29, 1.82) is 0 Å². The molecule has 2 amide bonds. The van der Waals surface area contributed by atoms with Gasteiger partial charge in [0, 0.05) is 17.8 Å². The SMILES string of the molecule is O=C(COC(=O)COc1ccc2c(c1)CCC(=O)N2)Nc1ccc(C(F)(F)F)cc1. The second-order valence-electron chi connectivity index (χ2n) is 6.44. The van der Waals surface area contributed by atoms with Gasteiger partial charge in [0.15, 0.2) is 13.2 Å². The van der Waals surface area contributed by atoms with E-state index in [1.54, 1.807) is 18.2 Å². The smallest absolute Gasteiger partial charge is 0.416 e. The summed E-state index contributed by atoms with van der Waals surface area (Å²) in [5.41, 5.74) is 0.882. The number of hydrogen-bond donors (Lipinski definition) is 2. The van der Waals surface area contributed by atoms with Crippen molar-refractivity contribution in [3.05, 3.63) is 53.6 Å². The van der Waals surface area contributed by atoms with E-state index in [0.29, 0.717) is 24.3 Å². The molecule has 1 heterocycles. The molecule has 0 saturated carbocycles. The van der Waals surface area contributed by atoms with E-state index in [-0.39, 0.29) is 11.6 Å². The Morgan fingerprint density at radius 2 is 1.77 bits per heavy atom. The number of anilines is 2. The predicted octanol–water partition coefficient (Wildman–Crippen LogP) is 3.15. The van der Waals surface area contributed by atoms with Gasteiger partial charge in [0.1, 0.15) is 5.75 Å². The zero-order chi connectivity index (χ0) is 21.7. The lowest BCUT2D eigenvalue weighted by atomic mass is 10.0. The van der Waals surface area contributed by atoms with E-state index in [4.69, 9.17) is 9.47 Å². The monoisotopic (exact) mass is 422 g/mol. The number of halogens is 3. The first-order valence-electron chi connectivity index (χ1n) is 8.89. The van der Waals surface area contributed by atoms with Crippen LogP contribution in [0.4, 0.5) is 24.5 Å². The number of alkyl halides is 3. The van der Waals surface area contributed by atoms with Crippen molar-refractivity contribution in [2.75, 3.05) is 23.8 Å². The molecule has 1 aliphatic heterocycles. The Hall–Kier alpha value is -3.56. The Morgan fingerprint density at radius 3 is 2.47 bits per heavy atom. The maximum absolute atomic E-state index is 12.5. The quantitative estimate of drug-likeness (QED) is 0.698. The molecule has 0 radical (unpaired) electrons. The fourth-order valence-electron chi connectivity index (χ4n) is 2.72. The van der Waals surface area contributed by atoms with Crippen molar-refractivity contribution in [3.8, 4) is 5.75 Å². The summed E-state index contributed by atoms with van der Waals surface area (Å²) in [6.45, 7) is -1.04. The summed E-state index contributed by atoms with van der Waals surface area (Å²) in [5.74, 6) is -1.14. The molecule has 3 rings (SSSR count). The lowest BCUT2D eigenvalue weighted by Crippen LogP contribution is -2.24. The molecular weight excluding hydrogens is 405 g/mol. The first kappa shape index (κ1) is 21.2. The molecule has 1 aliphatic rings. The Kier molecular flexibility index (Phi) is 6.24. The molecule has 10 heteroatoms. The molecule has 158 valence electrons. The van der Waals surface area contributed by atoms with E-state index >= 15 is 0 Å².